The lowest BCUT2D eigenvalue weighted by atomic mass is 10.2. The van der Waals surface area contributed by atoms with E-state index in [2.05, 4.69) is 15.4 Å². The molecule has 1 aliphatic rings. The number of hydrogen-bond acceptors (Lipinski definition) is 6. The van der Waals surface area contributed by atoms with Gasteiger partial charge in [-0.25, -0.2) is 9.67 Å². The van der Waals surface area contributed by atoms with Gasteiger partial charge < -0.3 is 10.1 Å². The largest absolute Gasteiger partial charge is 0.476 e. The van der Waals surface area contributed by atoms with Crippen molar-refractivity contribution in [3.63, 3.8) is 0 Å². The highest BCUT2D eigenvalue weighted by Gasteiger charge is 2.15. The first kappa shape index (κ1) is 20.2. The molecule has 4 heterocycles. The highest BCUT2D eigenvalue weighted by atomic mass is 35.5. The number of rotatable bonds is 6. The summed E-state index contributed by atoms with van der Waals surface area (Å²) >= 11 is 7.45. The summed E-state index contributed by atoms with van der Waals surface area (Å²) in [5.74, 6) is 0.571. The molecule has 1 saturated heterocycles. The van der Waals surface area contributed by atoms with Crippen LogP contribution in [0.1, 0.15) is 18.5 Å². The van der Waals surface area contributed by atoms with Crippen molar-refractivity contribution in [2.75, 3.05) is 13.2 Å². The van der Waals surface area contributed by atoms with Gasteiger partial charge in [-0.3, -0.25) is 4.79 Å². The molecule has 1 atom stereocenters. The molecule has 0 unspecified atom stereocenters. The number of nitrogens with zero attached hydrogens (tertiary/aromatic N) is 3. The van der Waals surface area contributed by atoms with Gasteiger partial charge in [0.25, 0.3) is 5.56 Å². The minimum absolute atomic E-state index is 0.119. The fourth-order valence-electron chi connectivity index (χ4n) is 3.70. The molecule has 0 aliphatic carbocycles. The molecule has 158 valence electrons. The molecule has 1 N–H and O–H groups in total. The lowest BCUT2D eigenvalue weighted by Gasteiger charge is -2.12. The number of aromatic nitrogens is 3. The third-order valence-electron chi connectivity index (χ3n) is 5.34. The third-order valence-corrected chi connectivity index (χ3v) is 6.78. The van der Waals surface area contributed by atoms with Crippen LogP contribution in [-0.2, 0) is 6.54 Å². The molecule has 3 aromatic heterocycles. The van der Waals surface area contributed by atoms with Gasteiger partial charge in [0.15, 0.2) is 0 Å². The average Bonchev–Trinajstić information content (AvgIpc) is 3.45. The van der Waals surface area contributed by atoms with Crippen LogP contribution in [0, 0.1) is 0 Å². The van der Waals surface area contributed by atoms with E-state index in [0.29, 0.717) is 34.8 Å². The number of fused-ring (bicyclic) bond motifs is 1. The normalized spacial score (nSPS) is 16.1. The van der Waals surface area contributed by atoms with Crippen molar-refractivity contribution < 1.29 is 4.74 Å². The standard InChI is InChI=1S/C23H21ClN4O2S/c24-17-8-6-15(7-9-17)20-11-16-12-26-28(23(29)22(16)31-20)13-18-3-1-5-21(27-18)30-14-19-4-2-10-25-19/h1,3,5-9,11-12,19,25H,2,4,10,13-14H2/t19-/m1/s1. The number of hydrogen-bond donors (Lipinski definition) is 1. The van der Waals surface area contributed by atoms with Crippen LogP contribution in [0.2, 0.25) is 5.02 Å². The van der Waals surface area contributed by atoms with E-state index < -0.39 is 0 Å². The smallest absolute Gasteiger partial charge is 0.285 e. The summed E-state index contributed by atoms with van der Waals surface area (Å²) in [6, 6.07) is 15.6. The van der Waals surface area contributed by atoms with Crippen LogP contribution in [0.5, 0.6) is 5.88 Å². The van der Waals surface area contributed by atoms with Crippen molar-refractivity contribution >= 4 is 33.0 Å². The van der Waals surface area contributed by atoms with Crippen LogP contribution in [0.15, 0.2) is 59.5 Å². The Labute approximate surface area is 188 Å². The topological polar surface area (TPSA) is 69.0 Å². The summed E-state index contributed by atoms with van der Waals surface area (Å²) in [4.78, 5) is 18.6. The van der Waals surface area contributed by atoms with Gasteiger partial charge >= 0.3 is 0 Å². The highest BCUT2D eigenvalue weighted by Crippen LogP contribution is 2.32. The van der Waals surface area contributed by atoms with E-state index in [-0.39, 0.29) is 5.56 Å². The van der Waals surface area contributed by atoms with Crippen LogP contribution in [0.4, 0.5) is 0 Å². The van der Waals surface area contributed by atoms with Crippen molar-refractivity contribution in [3.8, 4) is 16.3 Å². The Kier molecular flexibility index (Phi) is 5.72. The van der Waals surface area contributed by atoms with Crippen LogP contribution in [0.25, 0.3) is 20.5 Å². The van der Waals surface area contributed by atoms with E-state index >= 15 is 0 Å². The summed E-state index contributed by atoms with van der Waals surface area (Å²) in [5, 5.41) is 9.29. The van der Waals surface area contributed by atoms with E-state index in [1.54, 1.807) is 6.20 Å². The first-order valence-electron chi connectivity index (χ1n) is 10.2. The van der Waals surface area contributed by atoms with Gasteiger partial charge in [-0.05, 0) is 49.2 Å². The molecule has 5 rings (SSSR count). The molecule has 0 bridgehead atoms. The van der Waals surface area contributed by atoms with E-state index in [0.717, 1.165) is 34.5 Å². The number of halogens is 1. The second-order valence-corrected chi connectivity index (χ2v) is 9.07. The van der Waals surface area contributed by atoms with Crippen LogP contribution < -0.4 is 15.6 Å². The molecular weight excluding hydrogens is 432 g/mol. The molecule has 1 fully saturated rings. The molecule has 1 aliphatic heterocycles. The minimum Gasteiger partial charge on any atom is -0.476 e. The zero-order chi connectivity index (χ0) is 21.2. The van der Waals surface area contributed by atoms with E-state index in [4.69, 9.17) is 16.3 Å². The van der Waals surface area contributed by atoms with Gasteiger partial charge in [-0.15, -0.1) is 11.3 Å². The Morgan fingerprint density at radius 2 is 2.10 bits per heavy atom. The first-order valence-corrected chi connectivity index (χ1v) is 11.4. The number of thiophene rings is 1. The van der Waals surface area contributed by atoms with Crippen molar-refractivity contribution in [3.05, 3.63) is 75.8 Å². The lowest BCUT2D eigenvalue weighted by Crippen LogP contribution is -2.28. The Hall–Kier alpha value is -2.74. The Morgan fingerprint density at radius 3 is 2.90 bits per heavy atom. The monoisotopic (exact) mass is 452 g/mol. The van der Waals surface area contributed by atoms with Gasteiger partial charge in [0.05, 0.1) is 18.4 Å². The summed E-state index contributed by atoms with van der Waals surface area (Å²) < 4.78 is 7.97. The second-order valence-electron chi connectivity index (χ2n) is 7.58. The molecule has 6 nitrogen and oxygen atoms in total. The third kappa shape index (κ3) is 4.49. The summed E-state index contributed by atoms with van der Waals surface area (Å²) in [6.45, 7) is 1.94. The quantitative estimate of drug-likeness (QED) is 0.471. The number of pyridine rings is 1. The SMILES string of the molecule is O=c1c2sc(-c3ccc(Cl)cc3)cc2cnn1Cc1cccc(OC[C@H]2CCCN2)n1. The zero-order valence-electron chi connectivity index (χ0n) is 16.8. The van der Waals surface area contributed by atoms with Crippen molar-refractivity contribution in [2.24, 2.45) is 0 Å². The van der Waals surface area contributed by atoms with Gasteiger partial charge in [-0.2, -0.15) is 5.10 Å². The maximum atomic E-state index is 13.0. The lowest BCUT2D eigenvalue weighted by molar-refractivity contribution is 0.266. The average molecular weight is 453 g/mol. The molecule has 0 saturated carbocycles. The number of nitrogens with one attached hydrogen (secondary N) is 1. The fraction of sp³-hybridized carbons (Fsp3) is 0.261. The Balaban J connectivity index is 1.36. The number of benzene rings is 1. The van der Waals surface area contributed by atoms with Crippen LogP contribution in [-0.4, -0.2) is 34.0 Å². The zero-order valence-corrected chi connectivity index (χ0v) is 18.3. The van der Waals surface area contributed by atoms with Crippen LogP contribution in [0.3, 0.4) is 0 Å². The predicted molar refractivity (Wildman–Crippen MR) is 124 cm³/mol. The molecule has 31 heavy (non-hydrogen) atoms. The first-order chi connectivity index (χ1) is 15.2. The van der Waals surface area contributed by atoms with Crippen LogP contribution >= 0.6 is 22.9 Å². The van der Waals surface area contributed by atoms with Gasteiger partial charge in [0.1, 0.15) is 11.3 Å². The van der Waals surface area contributed by atoms with E-state index in [1.807, 2.05) is 48.5 Å². The molecule has 4 aromatic rings. The van der Waals surface area contributed by atoms with Crippen molar-refractivity contribution in [2.45, 2.75) is 25.4 Å². The molecule has 1 aromatic carbocycles. The molecule has 0 amide bonds. The van der Waals surface area contributed by atoms with Crippen molar-refractivity contribution in [1.82, 2.24) is 20.1 Å². The fourth-order valence-corrected chi connectivity index (χ4v) is 4.91. The van der Waals surface area contributed by atoms with Gasteiger partial charge in [0, 0.05) is 27.4 Å². The van der Waals surface area contributed by atoms with E-state index in [1.165, 1.54) is 22.4 Å². The molecule has 0 radical (unpaired) electrons. The second kappa shape index (κ2) is 8.78. The molecule has 0 spiro atoms. The summed E-state index contributed by atoms with van der Waals surface area (Å²) in [7, 11) is 0. The molecule has 8 heteroatoms. The van der Waals surface area contributed by atoms with E-state index in [9.17, 15) is 4.79 Å². The summed E-state index contributed by atoms with van der Waals surface area (Å²) in [5.41, 5.74) is 1.64. The minimum atomic E-state index is -0.119. The van der Waals surface area contributed by atoms with Gasteiger partial charge in [-0.1, -0.05) is 29.8 Å². The predicted octanol–water partition coefficient (Wildman–Crippen LogP) is 4.35. The number of ether oxygens (including phenoxy) is 1. The maximum absolute atomic E-state index is 13.0. The Morgan fingerprint density at radius 1 is 1.23 bits per heavy atom. The Bertz CT molecular complexity index is 1260. The molecular formula is C23H21ClN4O2S. The highest BCUT2D eigenvalue weighted by molar-refractivity contribution is 7.22. The maximum Gasteiger partial charge on any atom is 0.285 e. The summed E-state index contributed by atoms with van der Waals surface area (Å²) in [6.07, 6.45) is 4.04. The van der Waals surface area contributed by atoms with Gasteiger partial charge in [0.2, 0.25) is 5.88 Å². The van der Waals surface area contributed by atoms with Crippen molar-refractivity contribution in [1.29, 1.82) is 0 Å².